The Balaban J connectivity index is 4.38. The van der Waals surface area contributed by atoms with E-state index in [9.17, 15) is 0 Å². The summed E-state index contributed by atoms with van der Waals surface area (Å²) in [6, 6.07) is 0. The summed E-state index contributed by atoms with van der Waals surface area (Å²) >= 11 is 0. The van der Waals surface area contributed by atoms with Crippen molar-refractivity contribution in [3.8, 4) is 0 Å². The Morgan fingerprint density at radius 2 is 1.33 bits per heavy atom. The lowest BCUT2D eigenvalue weighted by atomic mass is 10.1. The Labute approximate surface area is 72.1 Å². The second-order valence-corrected chi connectivity index (χ2v) is 2.31. The van der Waals surface area contributed by atoms with E-state index < -0.39 is 37.6 Å². The molecule has 0 radical (unpaired) electrons. The topological polar surface area (TPSA) is 121 Å². The lowest BCUT2D eigenvalue weighted by molar-refractivity contribution is -0.123. The van der Waals surface area contributed by atoms with Gasteiger partial charge in [0.15, 0.2) is 0 Å². The van der Waals surface area contributed by atoms with Gasteiger partial charge in [-0.15, -0.1) is 0 Å². The lowest BCUT2D eigenvalue weighted by Crippen LogP contribution is -2.46. The third kappa shape index (κ3) is 3.02. The quantitative estimate of drug-likeness (QED) is 0.246. The van der Waals surface area contributed by atoms with Crippen molar-refractivity contribution in [2.75, 3.05) is 13.2 Å². The fourth-order valence-electron chi connectivity index (χ4n) is 0.599. The minimum Gasteiger partial charge on any atom is -0.394 e. The van der Waals surface area contributed by atoms with Crippen molar-refractivity contribution in [3.05, 3.63) is 0 Å². The molecule has 6 N–H and O–H groups in total. The number of aliphatic hydroxyl groups is 6. The maximum absolute atomic E-state index is 9.05. The van der Waals surface area contributed by atoms with Crippen LogP contribution in [0.25, 0.3) is 0 Å². The molecule has 0 saturated heterocycles. The van der Waals surface area contributed by atoms with Crippen molar-refractivity contribution in [1.82, 2.24) is 0 Å². The molecule has 0 aliphatic rings. The van der Waals surface area contributed by atoms with E-state index in [0.29, 0.717) is 0 Å². The molecule has 0 unspecified atom stereocenters. The fourth-order valence-corrected chi connectivity index (χ4v) is 0.599. The first-order chi connectivity index (χ1) is 6.21. The highest BCUT2D eigenvalue weighted by Crippen LogP contribution is 2.03. The Hall–Kier alpha value is -0.240. The highest BCUT2D eigenvalue weighted by atomic mass is 16.4. The summed E-state index contributed by atoms with van der Waals surface area (Å²) in [6.07, 6.45) is -8.05. The van der Waals surface area contributed by atoms with Gasteiger partial charge in [0.2, 0.25) is 0 Å². The van der Waals surface area contributed by atoms with Crippen molar-refractivity contribution in [1.29, 1.82) is 0 Å². The minimum absolute atomic E-state index is 0.862. The van der Waals surface area contributed by atoms with E-state index in [1.165, 1.54) is 0 Å². The van der Waals surface area contributed by atoms with E-state index in [1.54, 1.807) is 0 Å². The first kappa shape index (κ1) is 8.36. The Bertz CT molecular complexity index is 172. The van der Waals surface area contributed by atoms with Crippen LogP contribution >= 0.6 is 0 Å². The highest BCUT2D eigenvalue weighted by molar-refractivity contribution is 4.79. The highest BCUT2D eigenvalue weighted by Gasteiger charge is 2.29. The maximum Gasteiger partial charge on any atom is 0.111 e. The first-order valence-electron chi connectivity index (χ1n) is 4.27. The van der Waals surface area contributed by atoms with E-state index in [1.807, 2.05) is 0 Å². The molecule has 0 aliphatic heterocycles. The summed E-state index contributed by atoms with van der Waals surface area (Å²) in [5.74, 6) is 0. The molecule has 0 amide bonds. The second kappa shape index (κ2) is 5.41. The third-order valence-corrected chi connectivity index (χ3v) is 1.39. The third-order valence-electron chi connectivity index (χ3n) is 1.39. The van der Waals surface area contributed by atoms with Crippen LogP contribution in [0, 0.1) is 0 Å². The molecule has 0 aromatic heterocycles. The van der Waals surface area contributed by atoms with Crippen LogP contribution in [0.5, 0.6) is 0 Å². The van der Waals surface area contributed by atoms with Gasteiger partial charge < -0.3 is 30.6 Å². The van der Waals surface area contributed by atoms with Crippen LogP contribution in [-0.2, 0) is 0 Å². The van der Waals surface area contributed by atoms with Gasteiger partial charge in [-0.3, -0.25) is 0 Å². The molecule has 4 atom stereocenters. The Morgan fingerprint density at radius 1 is 0.917 bits per heavy atom. The van der Waals surface area contributed by atoms with Crippen molar-refractivity contribution < 1.29 is 33.4 Å². The van der Waals surface area contributed by atoms with E-state index in [-0.39, 0.29) is 0 Å². The van der Waals surface area contributed by atoms with Gasteiger partial charge in [-0.05, 0) is 0 Å². The number of rotatable bonds is 5. The van der Waals surface area contributed by atoms with Crippen molar-refractivity contribution >= 4 is 0 Å². The van der Waals surface area contributed by atoms with Crippen molar-refractivity contribution in [3.63, 3.8) is 0 Å². The molecule has 0 spiro atoms. The molecular weight excluding hydrogens is 169 g/mol. The van der Waals surface area contributed by atoms with Gasteiger partial charge >= 0.3 is 0 Å². The molecule has 0 fully saturated rings. The number of hydrogen-bond acceptors (Lipinski definition) is 6. The zero-order chi connectivity index (χ0) is 11.5. The minimum atomic E-state index is -3.10. The molecule has 0 aromatic carbocycles. The normalized spacial score (nSPS) is 25.2. The van der Waals surface area contributed by atoms with E-state index in [4.69, 9.17) is 33.4 Å². The molecular formula is C6H14O6. The predicted molar refractivity (Wildman–Crippen MR) is 38.2 cm³/mol. The summed E-state index contributed by atoms with van der Waals surface area (Å²) in [7, 11) is 0. The van der Waals surface area contributed by atoms with Crippen LogP contribution in [0.1, 0.15) is 2.74 Å². The van der Waals surface area contributed by atoms with Gasteiger partial charge in [0.25, 0.3) is 0 Å². The zero-order valence-corrected chi connectivity index (χ0v) is 6.20. The molecule has 6 heteroatoms. The standard InChI is InChI=1S/C6H14O6/c7-1-3(9)5(11)6(12)4(10)2-8/h3-12H,1-2H2/t3-,4-,5-,6-/m1/s1/i1+1D2. The van der Waals surface area contributed by atoms with Crippen LogP contribution < -0.4 is 0 Å². The lowest BCUT2D eigenvalue weighted by Gasteiger charge is -2.24. The van der Waals surface area contributed by atoms with Gasteiger partial charge in [-0.2, -0.15) is 0 Å². The molecule has 0 heterocycles. The van der Waals surface area contributed by atoms with Crippen LogP contribution in [0.15, 0.2) is 0 Å². The molecule has 0 rings (SSSR count). The fraction of sp³-hybridized carbons (Fsp3) is 1.00. The average Bonchev–Trinajstić information content (AvgIpc) is 2.11. The van der Waals surface area contributed by atoms with E-state index in [2.05, 4.69) is 0 Å². The van der Waals surface area contributed by atoms with E-state index in [0.717, 1.165) is 0 Å². The van der Waals surface area contributed by atoms with E-state index >= 15 is 0 Å². The Kier molecular flexibility index (Phi) is 3.77. The summed E-state index contributed by atoms with van der Waals surface area (Å²) in [6.45, 7) is -3.96. The molecule has 12 heavy (non-hydrogen) atoms. The molecule has 74 valence electrons. The van der Waals surface area contributed by atoms with Crippen molar-refractivity contribution in [2.45, 2.75) is 24.4 Å². The van der Waals surface area contributed by atoms with Gasteiger partial charge in [0, 0.05) is 0 Å². The largest absolute Gasteiger partial charge is 0.394 e. The monoisotopic (exact) mass is 185 g/mol. The molecule has 0 aromatic rings. The maximum atomic E-state index is 9.05. The smallest absolute Gasteiger partial charge is 0.111 e. The summed E-state index contributed by atoms with van der Waals surface area (Å²) < 4.78 is 13.2. The molecule has 0 aliphatic carbocycles. The number of hydrogen-bond donors (Lipinski definition) is 6. The van der Waals surface area contributed by atoms with Gasteiger partial charge in [0.05, 0.1) is 15.9 Å². The van der Waals surface area contributed by atoms with Crippen LogP contribution in [0.3, 0.4) is 0 Å². The van der Waals surface area contributed by atoms with Gasteiger partial charge in [-0.1, -0.05) is 0 Å². The summed E-state index contributed by atoms with van der Waals surface area (Å²) in [4.78, 5) is 0. The van der Waals surface area contributed by atoms with Crippen LogP contribution in [-0.4, -0.2) is 68.2 Å². The molecule has 6 nitrogen and oxygen atoms in total. The van der Waals surface area contributed by atoms with Gasteiger partial charge in [-0.25, -0.2) is 0 Å². The van der Waals surface area contributed by atoms with Crippen LogP contribution in [0.2, 0.25) is 0 Å². The zero-order valence-electron chi connectivity index (χ0n) is 8.20. The predicted octanol–water partition coefficient (Wildman–Crippen LogP) is -3.59. The molecule has 0 bridgehead atoms. The Morgan fingerprint density at radius 3 is 1.67 bits per heavy atom. The van der Waals surface area contributed by atoms with Crippen molar-refractivity contribution in [2.24, 2.45) is 0 Å². The second-order valence-electron chi connectivity index (χ2n) is 2.31. The SMILES string of the molecule is [2H][13C]([2H])(O)[C@@H](O)[C@@H](O)[C@H](O)[C@H](O)CO. The molecule has 0 saturated carbocycles. The summed E-state index contributed by atoms with van der Waals surface area (Å²) in [5, 5.41) is 52.9. The first-order valence-corrected chi connectivity index (χ1v) is 3.27. The average molecular weight is 185 g/mol. The van der Waals surface area contributed by atoms with Crippen LogP contribution in [0.4, 0.5) is 0 Å². The number of aliphatic hydroxyl groups excluding tert-OH is 5. The van der Waals surface area contributed by atoms with Gasteiger partial charge in [0.1, 0.15) is 24.4 Å². The summed E-state index contributed by atoms with van der Waals surface area (Å²) in [5.41, 5.74) is 0.